The highest BCUT2D eigenvalue weighted by Gasteiger charge is 2.11. The van der Waals surface area contributed by atoms with Crippen molar-refractivity contribution < 1.29 is 13.6 Å². The first-order chi connectivity index (χ1) is 12.9. The normalized spacial score (nSPS) is 10.7. The summed E-state index contributed by atoms with van der Waals surface area (Å²) in [5, 5.41) is 5.40. The average molecular weight is 368 g/mol. The first kappa shape index (κ1) is 18.4. The molecule has 3 aromatic rings. The van der Waals surface area contributed by atoms with Gasteiger partial charge in [0.05, 0.1) is 11.3 Å². The molecule has 2 N–H and O–H groups in total. The Labute approximate surface area is 155 Å². The number of carbonyl (C=O) groups is 1. The molecule has 27 heavy (non-hydrogen) atoms. The van der Waals surface area contributed by atoms with Crippen molar-refractivity contribution in [3.63, 3.8) is 0 Å². The quantitative estimate of drug-likeness (QED) is 0.674. The van der Waals surface area contributed by atoms with Gasteiger partial charge in [-0.1, -0.05) is 26.0 Å². The third-order valence-electron chi connectivity index (χ3n) is 3.93. The van der Waals surface area contributed by atoms with E-state index < -0.39 is 17.5 Å². The number of nitrogens with one attached hydrogen (secondary N) is 2. The van der Waals surface area contributed by atoms with E-state index >= 15 is 0 Å². The third kappa shape index (κ3) is 4.63. The van der Waals surface area contributed by atoms with Crippen molar-refractivity contribution in [3.05, 3.63) is 77.6 Å². The number of carbonyl (C=O) groups excluding carboxylic acids is 1. The molecule has 0 saturated heterocycles. The Balaban J connectivity index is 1.66. The standard InChI is InChI=1S/C20H18F2N4O/c1-12(2)13-3-6-16(7-4-13)25-20-23-10-14(11-24-20)19(27)26-18-8-5-15(21)9-17(18)22/h3-12H,1-2H3,(H,26,27)(H,23,24,25). The zero-order valence-electron chi connectivity index (χ0n) is 14.8. The Morgan fingerprint density at radius 3 is 2.26 bits per heavy atom. The maximum Gasteiger partial charge on any atom is 0.258 e. The summed E-state index contributed by atoms with van der Waals surface area (Å²) in [5.41, 5.74) is 2.08. The Bertz CT molecular complexity index is 941. The molecule has 1 heterocycles. The van der Waals surface area contributed by atoms with Crippen LogP contribution in [0, 0.1) is 11.6 Å². The smallest absolute Gasteiger partial charge is 0.258 e. The van der Waals surface area contributed by atoms with Crippen LogP contribution in [0.1, 0.15) is 35.7 Å². The lowest BCUT2D eigenvalue weighted by Gasteiger charge is -2.09. The van der Waals surface area contributed by atoms with Crippen LogP contribution in [-0.2, 0) is 0 Å². The van der Waals surface area contributed by atoms with E-state index in [4.69, 9.17) is 0 Å². The lowest BCUT2D eigenvalue weighted by atomic mass is 10.0. The predicted octanol–water partition coefficient (Wildman–Crippen LogP) is 4.87. The van der Waals surface area contributed by atoms with E-state index in [2.05, 4.69) is 34.4 Å². The van der Waals surface area contributed by atoms with Crippen LogP contribution in [0.15, 0.2) is 54.9 Å². The highest BCUT2D eigenvalue weighted by atomic mass is 19.1. The maximum atomic E-state index is 13.6. The van der Waals surface area contributed by atoms with Crippen LogP contribution < -0.4 is 10.6 Å². The van der Waals surface area contributed by atoms with Crippen LogP contribution >= 0.6 is 0 Å². The van der Waals surface area contributed by atoms with E-state index in [1.54, 1.807) is 0 Å². The molecule has 3 rings (SSSR count). The molecule has 138 valence electrons. The average Bonchev–Trinajstić information content (AvgIpc) is 2.65. The van der Waals surface area contributed by atoms with Crippen molar-refractivity contribution in [2.24, 2.45) is 0 Å². The van der Waals surface area contributed by atoms with E-state index in [9.17, 15) is 13.6 Å². The van der Waals surface area contributed by atoms with Gasteiger partial charge in [0, 0.05) is 24.1 Å². The number of aromatic nitrogens is 2. The molecule has 7 heteroatoms. The Hall–Kier alpha value is -3.35. The molecular formula is C20H18F2N4O. The first-order valence-electron chi connectivity index (χ1n) is 8.38. The second kappa shape index (κ2) is 7.90. The van der Waals surface area contributed by atoms with Crippen LogP contribution in [0.4, 0.5) is 26.1 Å². The molecule has 0 unspecified atom stereocenters. The number of nitrogens with zero attached hydrogens (tertiary/aromatic N) is 2. The number of hydrogen-bond donors (Lipinski definition) is 2. The van der Waals surface area contributed by atoms with Crippen molar-refractivity contribution in [3.8, 4) is 0 Å². The Morgan fingerprint density at radius 2 is 1.67 bits per heavy atom. The fourth-order valence-corrected chi connectivity index (χ4v) is 2.38. The SMILES string of the molecule is CC(C)c1ccc(Nc2ncc(C(=O)Nc3ccc(F)cc3F)cn2)cc1. The van der Waals surface area contributed by atoms with Gasteiger partial charge in [-0.15, -0.1) is 0 Å². The minimum atomic E-state index is -0.854. The number of benzene rings is 2. The van der Waals surface area contributed by atoms with E-state index in [0.717, 1.165) is 17.8 Å². The fourth-order valence-electron chi connectivity index (χ4n) is 2.38. The molecular weight excluding hydrogens is 350 g/mol. The van der Waals surface area contributed by atoms with Crippen LogP contribution in [0.5, 0.6) is 0 Å². The molecule has 0 bridgehead atoms. The highest BCUT2D eigenvalue weighted by Crippen LogP contribution is 2.19. The van der Waals surface area contributed by atoms with Crippen molar-refractivity contribution in [2.75, 3.05) is 10.6 Å². The minimum absolute atomic E-state index is 0.117. The molecule has 0 spiro atoms. The summed E-state index contributed by atoms with van der Waals surface area (Å²) in [4.78, 5) is 20.3. The zero-order chi connectivity index (χ0) is 19.4. The summed E-state index contributed by atoms with van der Waals surface area (Å²) in [5.74, 6) is -1.39. The topological polar surface area (TPSA) is 66.9 Å². The molecule has 1 aromatic heterocycles. The van der Waals surface area contributed by atoms with Crippen molar-refractivity contribution in [1.82, 2.24) is 9.97 Å². The molecule has 5 nitrogen and oxygen atoms in total. The second-order valence-corrected chi connectivity index (χ2v) is 6.28. The van der Waals surface area contributed by atoms with E-state index in [1.165, 1.54) is 18.0 Å². The number of amides is 1. The Kier molecular flexibility index (Phi) is 5.40. The summed E-state index contributed by atoms with van der Waals surface area (Å²) < 4.78 is 26.5. The van der Waals surface area contributed by atoms with Crippen LogP contribution in [0.3, 0.4) is 0 Å². The summed E-state index contributed by atoms with van der Waals surface area (Å²) in [6, 6.07) is 10.8. The lowest BCUT2D eigenvalue weighted by Crippen LogP contribution is -2.14. The first-order valence-corrected chi connectivity index (χ1v) is 8.38. The molecule has 1 amide bonds. The summed E-state index contributed by atoms with van der Waals surface area (Å²) in [6.45, 7) is 4.24. The molecule has 0 radical (unpaired) electrons. The third-order valence-corrected chi connectivity index (χ3v) is 3.93. The Morgan fingerprint density at radius 1 is 1.00 bits per heavy atom. The van der Waals surface area contributed by atoms with Gasteiger partial charge in [0.25, 0.3) is 5.91 Å². The van der Waals surface area contributed by atoms with Gasteiger partial charge >= 0.3 is 0 Å². The monoisotopic (exact) mass is 368 g/mol. The molecule has 0 aliphatic heterocycles. The number of hydrogen-bond acceptors (Lipinski definition) is 4. The van der Waals surface area contributed by atoms with Gasteiger partial charge in [0.15, 0.2) is 0 Å². The van der Waals surface area contributed by atoms with Crippen molar-refractivity contribution in [1.29, 1.82) is 0 Å². The minimum Gasteiger partial charge on any atom is -0.324 e. The van der Waals surface area contributed by atoms with Gasteiger partial charge in [0.2, 0.25) is 5.95 Å². The summed E-state index contributed by atoms with van der Waals surface area (Å²) >= 11 is 0. The largest absolute Gasteiger partial charge is 0.324 e. The van der Waals surface area contributed by atoms with E-state index in [0.29, 0.717) is 17.9 Å². The van der Waals surface area contributed by atoms with Gasteiger partial charge in [-0.3, -0.25) is 4.79 Å². The molecule has 2 aromatic carbocycles. The van der Waals surface area contributed by atoms with Crippen LogP contribution in [0.25, 0.3) is 0 Å². The van der Waals surface area contributed by atoms with E-state index in [1.807, 2.05) is 24.3 Å². The van der Waals surface area contributed by atoms with Gasteiger partial charge in [-0.2, -0.15) is 0 Å². The number of anilines is 3. The second-order valence-electron chi connectivity index (χ2n) is 6.28. The van der Waals surface area contributed by atoms with E-state index in [-0.39, 0.29) is 11.3 Å². The maximum absolute atomic E-state index is 13.6. The zero-order valence-corrected chi connectivity index (χ0v) is 14.8. The van der Waals surface area contributed by atoms with Crippen molar-refractivity contribution in [2.45, 2.75) is 19.8 Å². The van der Waals surface area contributed by atoms with Gasteiger partial charge in [-0.05, 0) is 35.7 Å². The molecule has 0 fully saturated rings. The lowest BCUT2D eigenvalue weighted by molar-refractivity contribution is 0.102. The fraction of sp³-hybridized carbons (Fsp3) is 0.150. The summed E-state index contributed by atoms with van der Waals surface area (Å²) in [7, 11) is 0. The summed E-state index contributed by atoms with van der Waals surface area (Å²) in [6.07, 6.45) is 2.66. The molecule has 0 aliphatic rings. The highest BCUT2D eigenvalue weighted by molar-refractivity contribution is 6.03. The molecule has 0 aliphatic carbocycles. The van der Waals surface area contributed by atoms with Crippen LogP contribution in [0.2, 0.25) is 0 Å². The molecule has 0 saturated carbocycles. The number of halogens is 2. The molecule has 0 atom stereocenters. The van der Waals surface area contributed by atoms with Gasteiger partial charge < -0.3 is 10.6 Å². The van der Waals surface area contributed by atoms with Crippen molar-refractivity contribution >= 4 is 23.2 Å². The predicted molar refractivity (Wildman–Crippen MR) is 100 cm³/mol. The number of rotatable bonds is 5. The van der Waals surface area contributed by atoms with Crippen LogP contribution in [-0.4, -0.2) is 15.9 Å². The van der Waals surface area contributed by atoms with Gasteiger partial charge in [0.1, 0.15) is 11.6 Å². The van der Waals surface area contributed by atoms with Gasteiger partial charge in [-0.25, -0.2) is 18.7 Å².